The van der Waals surface area contributed by atoms with Gasteiger partial charge >= 0.3 is 0 Å². The Balaban J connectivity index is 1.19. The summed E-state index contributed by atoms with van der Waals surface area (Å²) in [4.78, 5) is 4.29. The summed E-state index contributed by atoms with van der Waals surface area (Å²) < 4.78 is 8.99. The molecule has 4 saturated carbocycles. The fourth-order valence-corrected chi connectivity index (χ4v) is 7.40. The summed E-state index contributed by atoms with van der Waals surface area (Å²) in [6.45, 7) is 4.26. The fourth-order valence-electron chi connectivity index (χ4n) is 7.40. The van der Waals surface area contributed by atoms with Crippen molar-refractivity contribution in [3.63, 3.8) is 0 Å². The van der Waals surface area contributed by atoms with E-state index in [2.05, 4.69) is 22.7 Å². The van der Waals surface area contributed by atoms with Gasteiger partial charge in [-0.05, 0) is 68.1 Å². The van der Waals surface area contributed by atoms with Crippen molar-refractivity contribution in [2.45, 2.75) is 122 Å². The second-order valence-corrected chi connectivity index (χ2v) is 11.1. The molecular formula is C27H46N2O. The van der Waals surface area contributed by atoms with E-state index in [0.717, 1.165) is 30.9 Å². The van der Waals surface area contributed by atoms with Crippen molar-refractivity contribution in [3.05, 3.63) is 18.7 Å². The first-order valence-electron chi connectivity index (χ1n) is 13.3. The lowest BCUT2D eigenvalue weighted by molar-refractivity contribution is -0.147. The van der Waals surface area contributed by atoms with Gasteiger partial charge in [0.15, 0.2) is 0 Å². The lowest BCUT2D eigenvalue weighted by Crippen LogP contribution is -2.53. The van der Waals surface area contributed by atoms with Gasteiger partial charge in [-0.2, -0.15) is 0 Å². The molecule has 0 spiro atoms. The molecule has 170 valence electrons. The number of nitrogens with zero attached hydrogens (tertiary/aromatic N) is 2. The topological polar surface area (TPSA) is 27.1 Å². The summed E-state index contributed by atoms with van der Waals surface area (Å²) in [6, 6.07) is 0. The van der Waals surface area contributed by atoms with E-state index in [-0.39, 0.29) is 0 Å². The van der Waals surface area contributed by atoms with Crippen LogP contribution >= 0.6 is 0 Å². The molecule has 1 aromatic heterocycles. The van der Waals surface area contributed by atoms with Crippen LogP contribution in [0.4, 0.5) is 0 Å². The molecule has 4 aliphatic rings. The molecule has 3 nitrogen and oxygen atoms in total. The first kappa shape index (κ1) is 22.4. The Hall–Kier alpha value is -0.830. The minimum absolute atomic E-state index is 0.388. The largest absolute Gasteiger partial charge is 0.376 e. The third-order valence-corrected chi connectivity index (χ3v) is 8.52. The maximum atomic E-state index is 6.72. The number of rotatable bonds is 15. The third kappa shape index (κ3) is 5.90. The van der Waals surface area contributed by atoms with Crippen LogP contribution in [0.3, 0.4) is 0 Å². The monoisotopic (exact) mass is 414 g/mol. The number of unbranched alkanes of at least 4 members (excludes halogenated alkanes) is 9. The van der Waals surface area contributed by atoms with Crippen LogP contribution in [0.25, 0.3) is 0 Å². The molecule has 4 aliphatic carbocycles. The Morgan fingerprint density at radius 3 is 1.97 bits per heavy atom. The van der Waals surface area contributed by atoms with Gasteiger partial charge in [-0.15, -0.1) is 0 Å². The van der Waals surface area contributed by atoms with Gasteiger partial charge in [-0.1, -0.05) is 64.7 Å². The van der Waals surface area contributed by atoms with Crippen LogP contribution in [-0.4, -0.2) is 22.3 Å². The number of imidazole rings is 1. The molecule has 0 aromatic carbocycles. The zero-order valence-corrected chi connectivity index (χ0v) is 19.6. The van der Waals surface area contributed by atoms with E-state index in [1.807, 2.05) is 12.5 Å². The maximum Gasteiger partial charge on any atom is 0.0946 e. The number of ether oxygens (including phenoxy) is 1. The van der Waals surface area contributed by atoms with Crippen LogP contribution < -0.4 is 0 Å². The highest BCUT2D eigenvalue weighted by Gasteiger charge is 2.54. The summed E-state index contributed by atoms with van der Waals surface area (Å²) in [5, 5.41) is 0. The predicted octanol–water partition coefficient (Wildman–Crippen LogP) is 7.41. The van der Waals surface area contributed by atoms with Gasteiger partial charge in [0, 0.05) is 19.0 Å². The SMILES string of the molecule is CCCCCCCCCCCCOC(Cn1ccnc1)C12CC3CC(CC(C3)C1)C2. The van der Waals surface area contributed by atoms with Crippen molar-refractivity contribution >= 4 is 0 Å². The van der Waals surface area contributed by atoms with E-state index in [0.29, 0.717) is 11.5 Å². The second-order valence-electron chi connectivity index (χ2n) is 11.1. The molecule has 4 fully saturated rings. The number of hydrogen-bond acceptors (Lipinski definition) is 2. The van der Waals surface area contributed by atoms with Gasteiger partial charge in [0.25, 0.3) is 0 Å². The molecule has 0 radical (unpaired) electrons. The Morgan fingerprint density at radius 2 is 1.43 bits per heavy atom. The van der Waals surface area contributed by atoms with Gasteiger partial charge < -0.3 is 9.30 Å². The molecule has 1 aromatic rings. The van der Waals surface area contributed by atoms with Gasteiger partial charge in [-0.25, -0.2) is 4.98 Å². The van der Waals surface area contributed by atoms with Gasteiger partial charge in [0.1, 0.15) is 0 Å². The normalized spacial score (nSPS) is 30.8. The quantitative estimate of drug-likeness (QED) is 0.279. The zero-order valence-electron chi connectivity index (χ0n) is 19.6. The first-order chi connectivity index (χ1) is 14.8. The lowest BCUT2D eigenvalue weighted by Gasteiger charge is -2.59. The molecule has 0 amide bonds. The van der Waals surface area contributed by atoms with Crippen molar-refractivity contribution in [1.29, 1.82) is 0 Å². The van der Waals surface area contributed by atoms with Gasteiger partial charge in [-0.3, -0.25) is 0 Å². The average molecular weight is 415 g/mol. The van der Waals surface area contributed by atoms with E-state index < -0.39 is 0 Å². The minimum Gasteiger partial charge on any atom is -0.376 e. The first-order valence-corrected chi connectivity index (χ1v) is 13.3. The number of aromatic nitrogens is 2. The van der Waals surface area contributed by atoms with E-state index >= 15 is 0 Å². The molecule has 3 heteroatoms. The molecule has 0 N–H and O–H groups in total. The fraction of sp³-hybridized carbons (Fsp3) is 0.889. The molecule has 1 unspecified atom stereocenters. The van der Waals surface area contributed by atoms with Crippen LogP contribution in [0.15, 0.2) is 18.7 Å². The zero-order chi connectivity index (χ0) is 20.7. The summed E-state index contributed by atoms with van der Waals surface area (Å²) in [7, 11) is 0. The lowest BCUT2D eigenvalue weighted by atomic mass is 9.48. The number of hydrogen-bond donors (Lipinski definition) is 0. The van der Waals surface area contributed by atoms with Crippen LogP contribution in [0.1, 0.15) is 110 Å². The summed E-state index contributed by atoms with van der Waals surface area (Å²) in [5.74, 6) is 2.97. The van der Waals surface area contributed by atoms with Crippen molar-refractivity contribution < 1.29 is 4.74 Å². The minimum atomic E-state index is 0.388. The van der Waals surface area contributed by atoms with Gasteiger partial charge in [0.05, 0.1) is 19.0 Å². The third-order valence-electron chi connectivity index (χ3n) is 8.52. The molecule has 30 heavy (non-hydrogen) atoms. The van der Waals surface area contributed by atoms with E-state index in [4.69, 9.17) is 4.74 Å². The predicted molar refractivity (Wildman–Crippen MR) is 124 cm³/mol. The molecular weight excluding hydrogens is 368 g/mol. The molecule has 5 rings (SSSR count). The highest BCUT2D eigenvalue weighted by atomic mass is 16.5. The molecule has 0 saturated heterocycles. The van der Waals surface area contributed by atoms with Crippen molar-refractivity contribution in [1.82, 2.24) is 9.55 Å². The van der Waals surface area contributed by atoms with Crippen LogP contribution in [-0.2, 0) is 11.3 Å². The Morgan fingerprint density at radius 1 is 0.867 bits per heavy atom. The Bertz CT molecular complexity index is 561. The molecule has 1 atom stereocenters. The Kier molecular flexibility index (Phi) is 8.32. The summed E-state index contributed by atoms with van der Waals surface area (Å²) >= 11 is 0. The van der Waals surface area contributed by atoms with Crippen LogP contribution in [0.5, 0.6) is 0 Å². The molecule has 1 heterocycles. The van der Waals surface area contributed by atoms with E-state index in [1.54, 1.807) is 0 Å². The van der Waals surface area contributed by atoms with E-state index in [1.165, 1.54) is 103 Å². The maximum absolute atomic E-state index is 6.72. The van der Waals surface area contributed by atoms with E-state index in [9.17, 15) is 0 Å². The highest BCUT2D eigenvalue weighted by molar-refractivity contribution is 5.05. The second kappa shape index (κ2) is 11.2. The van der Waals surface area contributed by atoms with Crippen LogP contribution in [0, 0.1) is 23.2 Å². The van der Waals surface area contributed by atoms with Gasteiger partial charge in [0.2, 0.25) is 0 Å². The smallest absolute Gasteiger partial charge is 0.0946 e. The highest BCUT2D eigenvalue weighted by Crippen LogP contribution is 2.62. The van der Waals surface area contributed by atoms with Crippen molar-refractivity contribution in [2.24, 2.45) is 23.2 Å². The van der Waals surface area contributed by atoms with Crippen molar-refractivity contribution in [2.75, 3.05) is 6.61 Å². The summed E-state index contributed by atoms with van der Waals surface area (Å²) in [5.41, 5.74) is 0.456. The average Bonchev–Trinajstić information content (AvgIpc) is 3.23. The Labute approximate surface area is 185 Å². The molecule has 0 aliphatic heterocycles. The van der Waals surface area contributed by atoms with Crippen molar-refractivity contribution in [3.8, 4) is 0 Å². The standard InChI is InChI=1S/C27H46N2O/c1-2-3-4-5-6-7-8-9-10-11-14-30-26(21-29-13-12-28-22-29)27-18-23-15-24(19-27)17-25(16-23)20-27/h12-13,22-26H,2-11,14-21H2,1H3. The summed E-state index contributed by atoms with van der Waals surface area (Å²) in [6.07, 6.45) is 29.1. The van der Waals surface area contributed by atoms with Crippen LogP contribution in [0.2, 0.25) is 0 Å². The molecule has 4 bridgehead atoms.